The molecule has 0 saturated heterocycles. The highest BCUT2D eigenvalue weighted by Gasteiger charge is 2.30. The van der Waals surface area contributed by atoms with E-state index < -0.39 is 6.36 Å². The lowest BCUT2D eigenvalue weighted by atomic mass is 10.1. The Morgan fingerprint density at radius 2 is 1.95 bits per heavy atom. The average Bonchev–Trinajstić information content (AvgIpc) is 2.46. The molecule has 1 N–H and O–H groups in total. The number of nitrogens with zero attached hydrogens (tertiary/aromatic N) is 1. The fourth-order valence-electron chi connectivity index (χ4n) is 1.51. The van der Waals surface area contributed by atoms with Crippen molar-refractivity contribution in [3.8, 4) is 5.75 Å². The smallest absolute Gasteiger partial charge is 0.406 e. The first kappa shape index (κ1) is 18.0. The van der Waals surface area contributed by atoms with Crippen molar-refractivity contribution < 1.29 is 22.7 Å². The van der Waals surface area contributed by atoms with E-state index in [1.54, 1.807) is 6.92 Å². The van der Waals surface area contributed by atoms with Crippen molar-refractivity contribution >= 4 is 28.8 Å². The fraction of sp³-hybridized carbons (Fsp3) is 0.286. The number of aliphatic imine (C=N–C) groups is 1. The van der Waals surface area contributed by atoms with Crippen LogP contribution in [0.2, 0.25) is 0 Å². The van der Waals surface area contributed by atoms with E-state index in [0.717, 1.165) is 0 Å². The van der Waals surface area contributed by atoms with E-state index in [4.69, 9.17) is 11.6 Å². The number of hydrogen-bond acceptors (Lipinski definition) is 3. The Labute approximate surface area is 130 Å². The van der Waals surface area contributed by atoms with E-state index in [2.05, 4.69) is 15.0 Å². The SMILES string of the molecule is CN=C(N/C=C(\C)c1ccc(OC(F)(F)F)cc1)C(=O)CCl. The summed E-state index contributed by atoms with van der Waals surface area (Å²) < 4.78 is 40.0. The summed E-state index contributed by atoms with van der Waals surface area (Å²) in [6.45, 7) is 1.73. The molecule has 4 nitrogen and oxygen atoms in total. The van der Waals surface area contributed by atoms with Gasteiger partial charge in [-0.3, -0.25) is 9.79 Å². The number of Topliss-reactive ketones (excluding diaryl/α,β-unsaturated/α-hetero) is 1. The molecule has 0 unspecified atom stereocenters. The zero-order valence-corrected chi connectivity index (χ0v) is 12.6. The number of carbonyl (C=O) groups is 1. The first-order valence-corrected chi connectivity index (χ1v) is 6.65. The van der Waals surface area contributed by atoms with Gasteiger partial charge in [-0.25, -0.2) is 0 Å². The molecule has 1 aromatic carbocycles. The van der Waals surface area contributed by atoms with Crippen LogP contribution in [0.25, 0.3) is 5.57 Å². The van der Waals surface area contributed by atoms with E-state index in [1.165, 1.54) is 37.5 Å². The van der Waals surface area contributed by atoms with Gasteiger partial charge in [0.2, 0.25) is 5.78 Å². The van der Waals surface area contributed by atoms with Gasteiger partial charge in [0.25, 0.3) is 0 Å². The highest BCUT2D eigenvalue weighted by molar-refractivity contribution is 6.48. The monoisotopic (exact) mass is 334 g/mol. The first-order valence-electron chi connectivity index (χ1n) is 6.12. The lowest BCUT2D eigenvalue weighted by molar-refractivity contribution is -0.274. The van der Waals surface area contributed by atoms with Crippen molar-refractivity contribution in [1.29, 1.82) is 0 Å². The molecule has 1 rings (SSSR count). The highest BCUT2D eigenvalue weighted by Crippen LogP contribution is 2.24. The Morgan fingerprint density at radius 3 is 2.41 bits per heavy atom. The van der Waals surface area contributed by atoms with Crippen molar-refractivity contribution in [2.45, 2.75) is 13.3 Å². The number of rotatable bonds is 5. The molecule has 0 aliphatic rings. The van der Waals surface area contributed by atoms with Gasteiger partial charge in [0.15, 0.2) is 5.84 Å². The Hall–Kier alpha value is -2.02. The van der Waals surface area contributed by atoms with Crippen molar-refractivity contribution in [3.63, 3.8) is 0 Å². The summed E-state index contributed by atoms with van der Waals surface area (Å²) >= 11 is 5.43. The molecule has 0 bridgehead atoms. The fourth-order valence-corrected chi connectivity index (χ4v) is 1.64. The van der Waals surface area contributed by atoms with Gasteiger partial charge >= 0.3 is 6.36 Å². The number of benzene rings is 1. The van der Waals surface area contributed by atoms with Gasteiger partial charge in [-0.15, -0.1) is 24.8 Å². The number of ketones is 1. The molecular formula is C14H14ClF3N2O2. The van der Waals surface area contributed by atoms with Crippen LogP contribution >= 0.6 is 11.6 Å². The number of carbonyl (C=O) groups excluding carboxylic acids is 1. The quantitative estimate of drug-likeness (QED) is 0.510. The second kappa shape index (κ2) is 7.84. The van der Waals surface area contributed by atoms with Gasteiger partial charge in [0, 0.05) is 13.2 Å². The number of ether oxygens (including phenoxy) is 1. The molecule has 0 atom stereocenters. The maximum atomic E-state index is 12.1. The minimum Gasteiger partial charge on any atom is -0.406 e. The third-order valence-electron chi connectivity index (χ3n) is 2.58. The number of nitrogens with one attached hydrogen (secondary N) is 1. The molecule has 0 spiro atoms. The molecular weight excluding hydrogens is 321 g/mol. The summed E-state index contributed by atoms with van der Waals surface area (Å²) in [5.74, 6) is -0.755. The number of alkyl halides is 4. The van der Waals surface area contributed by atoms with E-state index in [9.17, 15) is 18.0 Å². The molecule has 0 amide bonds. The number of allylic oxidation sites excluding steroid dienone is 1. The molecule has 8 heteroatoms. The second-order valence-corrected chi connectivity index (χ2v) is 4.44. The second-order valence-electron chi connectivity index (χ2n) is 4.17. The number of amidine groups is 1. The molecule has 0 aromatic heterocycles. The molecule has 0 radical (unpaired) electrons. The third-order valence-corrected chi connectivity index (χ3v) is 2.82. The van der Waals surface area contributed by atoms with Crippen LogP contribution in [0.4, 0.5) is 13.2 Å². The minimum atomic E-state index is -4.72. The van der Waals surface area contributed by atoms with E-state index >= 15 is 0 Å². The normalized spacial score (nSPS) is 13.0. The highest BCUT2D eigenvalue weighted by atomic mass is 35.5. The summed E-state index contributed by atoms with van der Waals surface area (Å²) in [6.07, 6.45) is -3.20. The maximum Gasteiger partial charge on any atom is 0.573 e. The standard InChI is InChI=1S/C14H14ClF3N2O2/c1-9(8-20-13(19-2)12(21)7-15)10-3-5-11(6-4-10)22-14(16,17)18/h3-6,8H,7H2,1-2H3,(H,19,20)/b9-8+. The zero-order chi connectivity index (χ0) is 16.8. The molecule has 0 aliphatic carbocycles. The topological polar surface area (TPSA) is 50.7 Å². The molecule has 0 fully saturated rings. The first-order chi connectivity index (χ1) is 10.3. The van der Waals surface area contributed by atoms with Gasteiger partial charge in [0.1, 0.15) is 5.75 Å². The summed E-state index contributed by atoms with van der Waals surface area (Å²) in [5, 5.41) is 2.71. The van der Waals surface area contributed by atoms with E-state index in [1.807, 2.05) is 0 Å². The minimum absolute atomic E-state index is 0.103. The van der Waals surface area contributed by atoms with Crippen LogP contribution in [0.15, 0.2) is 35.5 Å². The predicted molar refractivity (Wildman–Crippen MR) is 79.0 cm³/mol. The van der Waals surface area contributed by atoms with E-state index in [-0.39, 0.29) is 23.2 Å². The lowest BCUT2D eigenvalue weighted by Crippen LogP contribution is -2.28. The Kier molecular flexibility index (Phi) is 6.42. The number of hydrogen-bond donors (Lipinski definition) is 1. The van der Waals surface area contributed by atoms with Crippen LogP contribution in [0.3, 0.4) is 0 Å². The molecule has 0 aliphatic heterocycles. The molecule has 22 heavy (non-hydrogen) atoms. The Bertz CT molecular complexity index is 581. The summed E-state index contributed by atoms with van der Waals surface area (Å²) in [7, 11) is 1.44. The Morgan fingerprint density at radius 1 is 1.36 bits per heavy atom. The number of halogens is 4. The van der Waals surface area contributed by atoms with Gasteiger partial charge in [-0.1, -0.05) is 12.1 Å². The van der Waals surface area contributed by atoms with Gasteiger partial charge in [-0.05, 0) is 30.2 Å². The molecule has 0 saturated carbocycles. The van der Waals surface area contributed by atoms with Crippen molar-refractivity contribution in [2.75, 3.05) is 12.9 Å². The van der Waals surface area contributed by atoms with Crippen LogP contribution in [-0.2, 0) is 4.79 Å². The average molecular weight is 335 g/mol. The van der Waals surface area contributed by atoms with Gasteiger partial charge < -0.3 is 10.1 Å². The molecule has 1 aromatic rings. The summed E-state index contributed by atoms with van der Waals surface area (Å²) in [5.41, 5.74) is 1.36. The maximum absolute atomic E-state index is 12.1. The van der Waals surface area contributed by atoms with Gasteiger partial charge in [-0.2, -0.15) is 0 Å². The predicted octanol–water partition coefficient (Wildman–Crippen LogP) is 3.37. The van der Waals surface area contributed by atoms with Crippen LogP contribution in [0.5, 0.6) is 5.75 Å². The van der Waals surface area contributed by atoms with Crippen molar-refractivity contribution in [3.05, 3.63) is 36.0 Å². The molecule has 120 valence electrons. The van der Waals surface area contributed by atoms with Crippen LogP contribution in [0.1, 0.15) is 12.5 Å². The summed E-state index contributed by atoms with van der Waals surface area (Å²) in [6, 6.07) is 5.36. The third kappa shape index (κ3) is 5.77. The van der Waals surface area contributed by atoms with Crippen LogP contribution < -0.4 is 10.1 Å². The zero-order valence-electron chi connectivity index (χ0n) is 11.9. The van der Waals surface area contributed by atoms with E-state index in [0.29, 0.717) is 11.1 Å². The van der Waals surface area contributed by atoms with Crippen molar-refractivity contribution in [2.24, 2.45) is 4.99 Å². The lowest BCUT2D eigenvalue weighted by Gasteiger charge is -2.10. The van der Waals surface area contributed by atoms with Crippen LogP contribution in [0, 0.1) is 0 Å². The summed E-state index contributed by atoms with van der Waals surface area (Å²) in [4.78, 5) is 15.2. The van der Waals surface area contributed by atoms with Crippen LogP contribution in [-0.4, -0.2) is 30.9 Å². The van der Waals surface area contributed by atoms with Gasteiger partial charge in [0.05, 0.1) is 5.88 Å². The molecule has 0 heterocycles. The van der Waals surface area contributed by atoms with Crippen molar-refractivity contribution in [1.82, 2.24) is 5.32 Å². The Balaban J connectivity index is 2.79. The largest absolute Gasteiger partial charge is 0.573 e.